The van der Waals surface area contributed by atoms with E-state index in [4.69, 9.17) is 18.5 Å². The highest BCUT2D eigenvalue weighted by molar-refractivity contribution is 7.45. The summed E-state index contributed by atoms with van der Waals surface area (Å²) in [5.41, 5.74) is -1.70. The number of H-pyrrole nitrogens is 1. The minimum atomic E-state index is -3.37. The predicted octanol–water partition coefficient (Wildman–Crippen LogP) is 1.69. The molecule has 0 spiro atoms. The van der Waals surface area contributed by atoms with E-state index in [1.807, 2.05) is 4.98 Å². The number of benzene rings is 1. The van der Waals surface area contributed by atoms with E-state index in [0.717, 1.165) is 12.3 Å². The molecule has 2 aliphatic heterocycles. The van der Waals surface area contributed by atoms with Gasteiger partial charge in [0.25, 0.3) is 11.5 Å². The molecule has 0 aliphatic carbocycles. The second-order valence-corrected chi connectivity index (χ2v) is 8.40. The molecule has 3 heterocycles. The SMILES string of the molecule is O=C1OCCC1NP(OCC1CC(F)(F)C(n2ccc(=O)[nH]c2=O)O1)Oc1ccccc1. The van der Waals surface area contributed by atoms with Crippen molar-refractivity contribution in [3.05, 3.63) is 63.4 Å². The second-order valence-electron chi connectivity index (χ2n) is 7.19. The van der Waals surface area contributed by atoms with Crippen LogP contribution in [0.1, 0.15) is 19.1 Å². The van der Waals surface area contributed by atoms with Crippen molar-refractivity contribution < 1.29 is 32.1 Å². The number of ether oxygens (including phenoxy) is 2. The summed E-state index contributed by atoms with van der Waals surface area (Å²) in [6.45, 7) is -0.0178. The van der Waals surface area contributed by atoms with E-state index in [2.05, 4.69) is 5.09 Å². The molecule has 172 valence electrons. The number of cyclic esters (lactones) is 1. The molecule has 0 radical (unpaired) electrons. The van der Waals surface area contributed by atoms with Crippen LogP contribution in [-0.2, 0) is 18.8 Å². The van der Waals surface area contributed by atoms with Gasteiger partial charge in [0.2, 0.25) is 6.23 Å². The van der Waals surface area contributed by atoms with Crippen molar-refractivity contribution in [1.82, 2.24) is 14.6 Å². The molecule has 0 bridgehead atoms. The number of nitrogens with zero attached hydrogens (tertiary/aromatic N) is 1. The van der Waals surface area contributed by atoms with Gasteiger partial charge in [-0.1, -0.05) is 18.2 Å². The van der Waals surface area contributed by atoms with Gasteiger partial charge in [-0.25, -0.2) is 18.7 Å². The summed E-state index contributed by atoms with van der Waals surface area (Å²) in [6.07, 6.45) is -2.27. The second kappa shape index (κ2) is 9.45. The third kappa shape index (κ3) is 5.21. The molecule has 1 aromatic heterocycles. The number of hydrogen-bond donors (Lipinski definition) is 2. The maximum Gasteiger partial charge on any atom is 0.330 e. The molecule has 2 fully saturated rings. The van der Waals surface area contributed by atoms with Crippen LogP contribution in [0.2, 0.25) is 0 Å². The standard InChI is InChI=1S/C19H20F2N3O7P/c20-19(21)10-13(30-17(19)24-8-6-15(25)22-18(24)27)11-29-32(23-14-7-9-28-16(14)26)31-12-4-2-1-3-5-12/h1-6,8,13-14,17,23H,7,9-11H2,(H,22,25,27). The first-order chi connectivity index (χ1) is 15.3. The number of esters is 1. The van der Waals surface area contributed by atoms with E-state index in [9.17, 15) is 23.2 Å². The van der Waals surface area contributed by atoms with Gasteiger partial charge in [0, 0.05) is 25.1 Å². The number of aromatic amines is 1. The van der Waals surface area contributed by atoms with Gasteiger partial charge < -0.3 is 18.5 Å². The normalized spacial score (nSPS) is 25.4. The summed E-state index contributed by atoms with van der Waals surface area (Å²) in [5, 5.41) is 2.92. The number of alkyl halides is 2. The van der Waals surface area contributed by atoms with Gasteiger partial charge in [-0.2, -0.15) is 0 Å². The number of rotatable bonds is 8. The van der Waals surface area contributed by atoms with Gasteiger partial charge in [0.15, 0.2) is 0 Å². The van der Waals surface area contributed by atoms with Gasteiger partial charge >= 0.3 is 20.2 Å². The summed E-state index contributed by atoms with van der Waals surface area (Å²) >= 11 is 0. The lowest BCUT2D eigenvalue weighted by molar-refractivity contribution is -0.139. The van der Waals surface area contributed by atoms with Gasteiger partial charge in [0.1, 0.15) is 11.8 Å². The fourth-order valence-electron chi connectivity index (χ4n) is 3.27. The molecule has 2 aliphatic rings. The Balaban J connectivity index is 1.43. The van der Waals surface area contributed by atoms with Gasteiger partial charge in [-0.05, 0) is 12.1 Å². The number of halogens is 2. The van der Waals surface area contributed by atoms with Crippen LogP contribution < -0.4 is 20.9 Å². The lowest BCUT2D eigenvalue weighted by Gasteiger charge is -2.22. The van der Waals surface area contributed by atoms with Crippen molar-refractivity contribution >= 4 is 14.5 Å². The summed E-state index contributed by atoms with van der Waals surface area (Å²) in [6, 6.07) is 8.99. The lowest BCUT2D eigenvalue weighted by atomic mass is 10.2. The van der Waals surface area contributed by atoms with E-state index >= 15 is 0 Å². The van der Waals surface area contributed by atoms with Crippen LogP contribution in [0.15, 0.2) is 52.2 Å². The van der Waals surface area contributed by atoms with E-state index < -0.39 is 56.5 Å². The fourth-order valence-corrected chi connectivity index (χ4v) is 4.56. The molecular formula is C19H20F2N3O7P. The number of carbonyl (C=O) groups is 1. The summed E-state index contributed by atoms with van der Waals surface area (Å²) in [4.78, 5) is 36.8. The van der Waals surface area contributed by atoms with E-state index in [-0.39, 0.29) is 13.2 Å². The first-order valence-corrected chi connectivity index (χ1v) is 10.9. The number of hydrogen-bond acceptors (Lipinski definition) is 8. The highest BCUT2D eigenvalue weighted by Crippen LogP contribution is 2.44. The zero-order valence-electron chi connectivity index (χ0n) is 16.6. The minimum absolute atomic E-state index is 0.262. The molecule has 2 aromatic rings. The topological polar surface area (TPSA) is 121 Å². The van der Waals surface area contributed by atoms with Crippen molar-refractivity contribution in [3.63, 3.8) is 0 Å². The number of nitrogens with one attached hydrogen (secondary N) is 2. The number of para-hydroxylation sites is 1. The Labute approximate surface area is 181 Å². The molecule has 10 nitrogen and oxygen atoms in total. The van der Waals surface area contributed by atoms with E-state index in [1.165, 1.54) is 0 Å². The Morgan fingerprint density at radius 2 is 2.00 bits per heavy atom. The minimum Gasteiger partial charge on any atom is -0.464 e. The Morgan fingerprint density at radius 3 is 2.69 bits per heavy atom. The van der Waals surface area contributed by atoms with E-state index in [1.54, 1.807) is 30.3 Å². The van der Waals surface area contributed by atoms with Crippen LogP contribution in [-0.4, -0.2) is 46.8 Å². The smallest absolute Gasteiger partial charge is 0.330 e. The monoisotopic (exact) mass is 471 g/mol. The zero-order valence-corrected chi connectivity index (χ0v) is 17.5. The van der Waals surface area contributed by atoms with Crippen LogP contribution in [0.3, 0.4) is 0 Å². The van der Waals surface area contributed by atoms with Gasteiger partial charge in [-0.3, -0.25) is 19.1 Å². The van der Waals surface area contributed by atoms with Crippen LogP contribution in [0.4, 0.5) is 8.78 Å². The molecule has 4 atom stereocenters. The molecule has 1 aromatic carbocycles. The first kappa shape index (κ1) is 22.5. The maximum atomic E-state index is 14.5. The van der Waals surface area contributed by atoms with Crippen LogP contribution in [0.25, 0.3) is 0 Å². The highest BCUT2D eigenvalue weighted by Gasteiger charge is 2.52. The predicted molar refractivity (Wildman–Crippen MR) is 107 cm³/mol. The van der Waals surface area contributed by atoms with E-state index in [0.29, 0.717) is 16.7 Å². The van der Waals surface area contributed by atoms with Gasteiger partial charge in [-0.15, -0.1) is 0 Å². The number of carbonyl (C=O) groups excluding carboxylic acids is 1. The van der Waals surface area contributed by atoms with Crippen molar-refractivity contribution in [2.24, 2.45) is 0 Å². The molecule has 0 amide bonds. The molecule has 0 saturated carbocycles. The maximum absolute atomic E-state index is 14.5. The van der Waals surface area contributed by atoms with Crippen molar-refractivity contribution in [2.75, 3.05) is 13.2 Å². The van der Waals surface area contributed by atoms with Crippen LogP contribution in [0.5, 0.6) is 5.75 Å². The highest BCUT2D eigenvalue weighted by atomic mass is 31.2. The van der Waals surface area contributed by atoms with Crippen LogP contribution in [0, 0.1) is 0 Å². The van der Waals surface area contributed by atoms with Gasteiger partial charge in [0.05, 0.1) is 19.3 Å². The molecule has 4 rings (SSSR count). The fraction of sp³-hybridized carbons (Fsp3) is 0.421. The summed E-state index contributed by atoms with van der Waals surface area (Å²) in [5.74, 6) is -3.35. The Morgan fingerprint density at radius 1 is 1.22 bits per heavy atom. The number of aromatic nitrogens is 2. The average molecular weight is 471 g/mol. The Kier molecular flexibility index (Phi) is 6.66. The third-order valence-corrected chi connectivity index (χ3v) is 6.07. The third-order valence-electron chi connectivity index (χ3n) is 4.79. The van der Waals surface area contributed by atoms with Crippen LogP contribution >= 0.6 is 8.53 Å². The Bertz CT molecular complexity index is 1060. The quantitative estimate of drug-likeness (QED) is 0.441. The molecule has 2 saturated heterocycles. The molecular weight excluding hydrogens is 451 g/mol. The molecule has 2 N–H and O–H groups in total. The first-order valence-electron chi connectivity index (χ1n) is 9.75. The van der Waals surface area contributed by atoms with Crippen molar-refractivity contribution in [2.45, 2.75) is 37.1 Å². The van der Waals surface area contributed by atoms with Crippen molar-refractivity contribution in [3.8, 4) is 5.75 Å². The summed E-state index contributed by atoms with van der Waals surface area (Å²) in [7, 11) is -1.89. The summed E-state index contributed by atoms with van der Waals surface area (Å²) < 4.78 is 51.5. The van der Waals surface area contributed by atoms with Crippen molar-refractivity contribution in [1.29, 1.82) is 0 Å². The molecule has 32 heavy (non-hydrogen) atoms. The zero-order chi connectivity index (χ0) is 22.7. The Hall–Kier alpha value is -2.66. The largest absolute Gasteiger partial charge is 0.464 e. The molecule has 13 heteroatoms. The molecule has 4 unspecified atom stereocenters. The lowest BCUT2D eigenvalue weighted by Crippen LogP contribution is -2.37. The average Bonchev–Trinajstić information content (AvgIpc) is 3.28.